The fraction of sp³-hybridized carbons (Fsp3) is 0.214. The van der Waals surface area contributed by atoms with E-state index < -0.39 is 17.6 Å². The Kier molecular flexibility index (Phi) is 8.68. The maximum atomic E-state index is 13.0. The van der Waals surface area contributed by atoms with E-state index in [1.54, 1.807) is 24.3 Å². The van der Waals surface area contributed by atoms with Gasteiger partial charge in [-0.3, -0.25) is 10.1 Å². The molecule has 40 heavy (non-hydrogen) atoms. The SMILES string of the molecule is COc1ccc(C=Cc2cc(OC)c(OC)c(OC)c2)cc1OCC(=O)Nc1nc2cc(C(F)(F)F)ccc2s1. The van der Waals surface area contributed by atoms with Crippen molar-refractivity contribution < 1.29 is 41.7 Å². The van der Waals surface area contributed by atoms with Gasteiger partial charge in [-0.05, 0) is 53.6 Å². The number of thiazole rings is 1. The van der Waals surface area contributed by atoms with Crippen LogP contribution in [-0.2, 0) is 11.0 Å². The van der Waals surface area contributed by atoms with Crippen LogP contribution in [0.2, 0.25) is 0 Å². The van der Waals surface area contributed by atoms with Gasteiger partial charge in [-0.25, -0.2) is 4.98 Å². The molecule has 0 bridgehead atoms. The molecule has 4 rings (SSSR count). The molecule has 1 heterocycles. The summed E-state index contributed by atoms with van der Waals surface area (Å²) < 4.78 is 66.6. The van der Waals surface area contributed by atoms with E-state index in [9.17, 15) is 18.0 Å². The first-order valence-corrected chi connectivity index (χ1v) is 12.5. The number of nitrogens with zero attached hydrogens (tertiary/aromatic N) is 1. The predicted octanol–water partition coefficient (Wildman–Crippen LogP) is 6.54. The summed E-state index contributed by atoms with van der Waals surface area (Å²) in [6.07, 6.45) is -0.796. The maximum Gasteiger partial charge on any atom is 0.416 e. The first kappa shape index (κ1) is 28.6. The number of carbonyl (C=O) groups excluding carboxylic acids is 1. The van der Waals surface area contributed by atoms with Gasteiger partial charge in [0.2, 0.25) is 5.75 Å². The number of hydrogen-bond acceptors (Lipinski definition) is 8. The number of amides is 1. The maximum absolute atomic E-state index is 13.0. The van der Waals surface area contributed by atoms with Crippen LogP contribution in [0.3, 0.4) is 0 Å². The lowest BCUT2D eigenvalue weighted by Gasteiger charge is -2.13. The Morgan fingerprint density at radius 2 is 1.50 bits per heavy atom. The van der Waals surface area contributed by atoms with Gasteiger partial charge in [-0.2, -0.15) is 13.2 Å². The molecule has 0 aliphatic rings. The zero-order valence-electron chi connectivity index (χ0n) is 21.9. The second-order valence-electron chi connectivity index (χ2n) is 8.24. The largest absolute Gasteiger partial charge is 0.493 e. The van der Waals surface area contributed by atoms with Crippen molar-refractivity contribution >= 4 is 44.7 Å². The lowest BCUT2D eigenvalue weighted by Crippen LogP contribution is -2.20. The van der Waals surface area contributed by atoms with Gasteiger partial charge in [-0.15, -0.1) is 0 Å². The summed E-state index contributed by atoms with van der Waals surface area (Å²) in [7, 11) is 6.08. The molecule has 8 nitrogen and oxygen atoms in total. The lowest BCUT2D eigenvalue weighted by molar-refractivity contribution is -0.137. The number of aromatic nitrogens is 1. The number of halogens is 3. The molecule has 3 aromatic carbocycles. The highest BCUT2D eigenvalue weighted by atomic mass is 32.1. The van der Waals surface area contributed by atoms with Gasteiger partial charge < -0.3 is 23.7 Å². The van der Waals surface area contributed by atoms with Crippen molar-refractivity contribution in [3.05, 3.63) is 65.2 Å². The summed E-state index contributed by atoms with van der Waals surface area (Å²) >= 11 is 1.06. The van der Waals surface area contributed by atoms with Crippen LogP contribution in [0.25, 0.3) is 22.4 Å². The monoisotopic (exact) mass is 574 g/mol. The standard InChI is InChI=1S/C28H25F3N2O6S/c1-35-20-9-7-16(5-6-17-12-22(36-2)26(38-4)23(13-17)37-3)11-21(20)39-15-25(34)33-27-32-19-14-18(28(29,30)31)8-10-24(19)40-27/h5-14H,15H2,1-4H3,(H,32,33,34). The Morgan fingerprint density at radius 3 is 2.12 bits per heavy atom. The van der Waals surface area contributed by atoms with Crippen LogP contribution in [0.5, 0.6) is 28.7 Å². The van der Waals surface area contributed by atoms with E-state index in [2.05, 4.69) is 10.3 Å². The summed E-state index contributed by atoms with van der Waals surface area (Å²) in [5, 5.41) is 2.73. The predicted molar refractivity (Wildman–Crippen MR) is 147 cm³/mol. The van der Waals surface area contributed by atoms with Gasteiger partial charge in [0.1, 0.15) is 0 Å². The van der Waals surface area contributed by atoms with Crippen molar-refractivity contribution in [3.63, 3.8) is 0 Å². The number of rotatable bonds is 10. The molecule has 4 aromatic rings. The summed E-state index contributed by atoms with van der Waals surface area (Å²) in [5.74, 6) is 1.72. The minimum absolute atomic E-state index is 0.143. The van der Waals surface area contributed by atoms with Gasteiger partial charge in [0, 0.05) is 0 Å². The molecule has 1 amide bonds. The van der Waals surface area contributed by atoms with Crippen LogP contribution in [-0.4, -0.2) is 45.9 Å². The lowest BCUT2D eigenvalue weighted by atomic mass is 10.1. The highest BCUT2D eigenvalue weighted by molar-refractivity contribution is 7.22. The van der Waals surface area contributed by atoms with Crippen molar-refractivity contribution in [2.75, 3.05) is 40.4 Å². The first-order valence-electron chi connectivity index (χ1n) is 11.7. The van der Waals surface area contributed by atoms with E-state index in [-0.39, 0.29) is 17.3 Å². The van der Waals surface area contributed by atoms with E-state index in [4.69, 9.17) is 23.7 Å². The van der Waals surface area contributed by atoms with E-state index in [1.807, 2.05) is 18.2 Å². The molecule has 1 aromatic heterocycles. The minimum Gasteiger partial charge on any atom is -0.493 e. The molecular weight excluding hydrogens is 549 g/mol. The number of fused-ring (bicyclic) bond motifs is 1. The highest BCUT2D eigenvalue weighted by Gasteiger charge is 2.30. The number of carbonyl (C=O) groups is 1. The van der Waals surface area contributed by atoms with Crippen molar-refractivity contribution in [3.8, 4) is 28.7 Å². The Balaban J connectivity index is 1.46. The second kappa shape index (κ2) is 12.2. The molecule has 12 heteroatoms. The second-order valence-corrected chi connectivity index (χ2v) is 9.27. The van der Waals surface area contributed by atoms with Crippen molar-refractivity contribution in [2.24, 2.45) is 0 Å². The third kappa shape index (κ3) is 6.57. The number of benzene rings is 3. The van der Waals surface area contributed by atoms with Crippen LogP contribution < -0.4 is 29.0 Å². The zero-order chi connectivity index (χ0) is 28.9. The molecule has 1 N–H and O–H groups in total. The van der Waals surface area contributed by atoms with Crippen LogP contribution >= 0.6 is 11.3 Å². The fourth-order valence-electron chi connectivity index (χ4n) is 3.76. The molecule has 0 spiro atoms. The average molecular weight is 575 g/mol. The summed E-state index contributed by atoms with van der Waals surface area (Å²) in [4.78, 5) is 16.6. The molecule has 0 aliphatic carbocycles. The Hall–Kier alpha value is -4.45. The van der Waals surface area contributed by atoms with Crippen LogP contribution in [0.4, 0.5) is 18.3 Å². The molecule has 0 fully saturated rings. The molecule has 0 saturated carbocycles. The Labute approximate surface area is 231 Å². The van der Waals surface area contributed by atoms with E-state index >= 15 is 0 Å². The molecule has 0 radical (unpaired) electrons. The Bertz CT molecular complexity index is 1530. The van der Waals surface area contributed by atoms with Crippen molar-refractivity contribution in [1.29, 1.82) is 0 Å². The van der Waals surface area contributed by atoms with Crippen molar-refractivity contribution in [2.45, 2.75) is 6.18 Å². The Morgan fingerprint density at radius 1 is 0.850 bits per heavy atom. The number of hydrogen-bond donors (Lipinski definition) is 1. The molecule has 0 saturated heterocycles. The van der Waals surface area contributed by atoms with Gasteiger partial charge in [-0.1, -0.05) is 29.6 Å². The number of methoxy groups -OCH3 is 4. The van der Waals surface area contributed by atoms with Crippen LogP contribution in [0.1, 0.15) is 16.7 Å². The van der Waals surface area contributed by atoms with Crippen molar-refractivity contribution in [1.82, 2.24) is 4.98 Å². The smallest absolute Gasteiger partial charge is 0.416 e. The van der Waals surface area contributed by atoms with Crippen LogP contribution in [0.15, 0.2) is 48.5 Å². The number of ether oxygens (including phenoxy) is 5. The quantitative estimate of drug-likeness (QED) is 0.215. The summed E-state index contributed by atoms with van der Waals surface area (Å²) in [6, 6.07) is 12.1. The minimum atomic E-state index is -4.48. The van der Waals surface area contributed by atoms with Gasteiger partial charge in [0.25, 0.3) is 5.91 Å². The number of nitrogens with one attached hydrogen (secondary N) is 1. The third-order valence-corrected chi connectivity index (χ3v) is 6.61. The zero-order valence-corrected chi connectivity index (χ0v) is 22.7. The van der Waals surface area contributed by atoms with Gasteiger partial charge in [0.15, 0.2) is 34.7 Å². The van der Waals surface area contributed by atoms with E-state index in [0.29, 0.717) is 33.4 Å². The van der Waals surface area contributed by atoms with Gasteiger partial charge in [0.05, 0.1) is 44.2 Å². The number of anilines is 1. The molecule has 210 valence electrons. The average Bonchev–Trinajstić information content (AvgIpc) is 3.35. The van der Waals surface area contributed by atoms with E-state index in [1.165, 1.54) is 34.5 Å². The molecule has 0 aliphatic heterocycles. The normalized spacial score (nSPS) is 11.5. The fourth-order valence-corrected chi connectivity index (χ4v) is 4.62. The third-order valence-electron chi connectivity index (χ3n) is 5.66. The number of alkyl halides is 3. The summed E-state index contributed by atoms with van der Waals surface area (Å²) in [6.45, 7) is -0.375. The van der Waals surface area contributed by atoms with Crippen LogP contribution in [0, 0.1) is 0 Å². The topological polar surface area (TPSA) is 88.1 Å². The highest BCUT2D eigenvalue weighted by Crippen LogP contribution is 2.39. The van der Waals surface area contributed by atoms with E-state index in [0.717, 1.165) is 34.6 Å². The molecule has 0 unspecified atom stereocenters. The molecular formula is C28H25F3N2O6S. The van der Waals surface area contributed by atoms with Gasteiger partial charge >= 0.3 is 6.18 Å². The molecule has 0 atom stereocenters. The first-order chi connectivity index (χ1) is 19.1. The summed E-state index contributed by atoms with van der Waals surface area (Å²) in [5.41, 5.74) is 0.893.